The van der Waals surface area contributed by atoms with Crippen LogP contribution in [0.25, 0.3) is 0 Å². The zero-order valence-corrected chi connectivity index (χ0v) is 22.7. The largest absolute Gasteiger partial charge is 0.508 e. The van der Waals surface area contributed by atoms with Gasteiger partial charge in [-0.15, -0.1) is 0 Å². The molecule has 1 unspecified atom stereocenters. The van der Waals surface area contributed by atoms with Crippen LogP contribution >= 0.6 is 0 Å². The minimum absolute atomic E-state index is 0.00441. The van der Waals surface area contributed by atoms with E-state index in [1.165, 1.54) is 83.5 Å². The summed E-state index contributed by atoms with van der Waals surface area (Å²) >= 11 is 0. The molecule has 0 aromatic heterocycles. The molecule has 3 heteroatoms. The summed E-state index contributed by atoms with van der Waals surface area (Å²) in [5.41, 5.74) is 2.08. The molecule has 0 bridgehead atoms. The first kappa shape index (κ1) is 30.5. The molecular weight excluding hydrogens is 420 g/mol. The van der Waals surface area contributed by atoms with Gasteiger partial charge in [-0.1, -0.05) is 116 Å². The summed E-state index contributed by atoms with van der Waals surface area (Å²) < 4.78 is 5.62. The fraction of sp³-hybridized carbons (Fsp3) is 0.774. The van der Waals surface area contributed by atoms with E-state index in [2.05, 4.69) is 13.8 Å². The second-order valence-corrected chi connectivity index (χ2v) is 10.3. The van der Waals surface area contributed by atoms with Gasteiger partial charge < -0.3 is 9.84 Å². The van der Waals surface area contributed by atoms with Crippen LogP contribution in [-0.4, -0.2) is 17.2 Å². The number of aryl methyl sites for hydroxylation is 2. The molecule has 1 atom stereocenters. The van der Waals surface area contributed by atoms with Crippen molar-refractivity contribution in [1.29, 1.82) is 0 Å². The van der Waals surface area contributed by atoms with Crippen LogP contribution in [0.5, 0.6) is 5.75 Å². The molecule has 0 spiro atoms. The fourth-order valence-electron chi connectivity index (χ4n) is 4.58. The summed E-state index contributed by atoms with van der Waals surface area (Å²) in [4.78, 5) is 12.2. The Labute approximate surface area is 211 Å². The Morgan fingerprint density at radius 3 is 1.85 bits per heavy atom. The number of benzene rings is 1. The highest BCUT2D eigenvalue weighted by atomic mass is 16.5. The van der Waals surface area contributed by atoms with Gasteiger partial charge in [0.15, 0.2) is 0 Å². The third kappa shape index (κ3) is 16.2. The summed E-state index contributed by atoms with van der Waals surface area (Å²) in [6, 6.07) is 5.70. The number of hydrogen-bond donors (Lipinski definition) is 1. The fourth-order valence-corrected chi connectivity index (χ4v) is 4.58. The second kappa shape index (κ2) is 20.8. The standard InChI is InChI=1S/C31H54O3/c1-4-6-8-9-10-11-12-13-14-15-16-17-18-19-20-27(3)34-31(33)25-23-28-22-24-30(32)29(26-28)21-7-5-2/h22,24,26-27,32H,4-21,23,25H2,1-3H3. The first-order valence-electron chi connectivity index (χ1n) is 14.6. The predicted octanol–water partition coefficient (Wildman–Crippen LogP) is 9.47. The third-order valence-corrected chi connectivity index (χ3v) is 6.86. The average Bonchev–Trinajstić information content (AvgIpc) is 2.82. The van der Waals surface area contributed by atoms with Crippen LogP contribution < -0.4 is 0 Å². The van der Waals surface area contributed by atoms with Crippen molar-refractivity contribution >= 4 is 5.97 Å². The van der Waals surface area contributed by atoms with E-state index in [0.717, 1.165) is 43.2 Å². The molecule has 3 nitrogen and oxygen atoms in total. The maximum atomic E-state index is 12.2. The summed E-state index contributed by atoms with van der Waals surface area (Å²) in [5.74, 6) is 0.252. The van der Waals surface area contributed by atoms with Crippen LogP contribution in [0.1, 0.15) is 147 Å². The van der Waals surface area contributed by atoms with Gasteiger partial charge in [-0.25, -0.2) is 0 Å². The van der Waals surface area contributed by atoms with Gasteiger partial charge in [0.05, 0.1) is 6.10 Å². The zero-order chi connectivity index (χ0) is 24.9. The van der Waals surface area contributed by atoms with Crippen molar-refractivity contribution in [1.82, 2.24) is 0 Å². The number of phenolic OH excluding ortho intramolecular Hbond substituents is 1. The Morgan fingerprint density at radius 2 is 1.29 bits per heavy atom. The Balaban J connectivity index is 2.00. The smallest absolute Gasteiger partial charge is 0.306 e. The van der Waals surface area contributed by atoms with E-state index in [-0.39, 0.29) is 12.1 Å². The van der Waals surface area contributed by atoms with E-state index in [9.17, 15) is 9.90 Å². The normalized spacial score (nSPS) is 12.1. The quantitative estimate of drug-likeness (QED) is 0.134. The molecule has 1 N–H and O–H groups in total. The lowest BCUT2D eigenvalue weighted by Gasteiger charge is -2.13. The molecule has 1 aromatic carbocycles. The van der Waals surface area contributed by atoms with Gasteiger partial charge >= 0.3 is 5.97 Å². The summed E-state index contributed by atoms with van der Waals surface area (Å²) in [6.45, 7) is 6.45. The Morgan fingerprint density at radius 1 is 0.765 bits per heavy atom. The number of phenols is 1. The second-order valence-electron chi connectivity index (χ2n) is 10.3. The number of aromatic hydroxyl groups is 1. The van der Waals surface area contributed by atoms with Crippen LogP contribution in [0, 0.1) is 0 Å². The third-order valence-electron chi connectivity index (χ3n) is 6.86. The van der Waals surface area contributed by atoms with Crippen LogP contribution in [-0.2, 0) is 22.4 Å². The van der Waals surface area contributed by atoms with E-state index in [0.29, 0.717) is 18.6 Å². The first-order valence-corrected chi connectivity index (χ1v) is 14.6. The van der Waals surface area contributed by atoms with Gasteiger partial charge in [-0.2, -0.15) is 0 Å². The van der Waals surface area contributed by atoms with Crippen molar-refractivity contribution in [2.24, 2.45) is 0 Å². The lowest BCUT2D eigenvalue weighted by molar-refractivity contribution is -0.148. The minimum Gasteiger partial charge on any atom is -0.508 e. The maximum absolute atomic E-state index is 12.2. The monoisotopic (exact) mass is 474 g/mol. The summed E-state index contributed by atoms with van der Waals surface area (Å²) in [6.07, 6.45) is 24.2. The lowest BCUT2D eigenvalue weighted by atomic mass is 10.0. The van der Waals surface area contributed by atoms with E-state index in [1.807, 2.05) is 19.1 Å². The summed E-state index contributed by atoms with van der Waals surface area (Å²) in [5, 5.41) is 9.99. The topological polar surface area (TPSA) is 46.5 Å². The average molecular weight is 475 g/mol. The molecule has 0 aliphatic heterocycles. The number of esters is 1. The van der Waals surface area contributed by atoms with Crippen molar-refractivity contribution in [2.45, 2.75) is 155 Å². The van der Waals surface area contributed by atoms with Crippen molar-refractivity contribution in [3.05, 3.63) is 29.3 Å². The molecule has 0 radical (unpaired) electrons. The first-order chi connectivity index (χ1) is 16.6. The molecule has 0 aliphatic carbocycles. The van der Waals surface area contributed by atoms with Gasteiger partial charge in [0.25, 0.3) is 0 Å². The highest BCUT2D eigenvalue weighted by molar-refractivity contribution is 5.69. The molecule has 1 aromatic rings. The number of unbranched alkanes of at least 4 members (excludes halogenated alkanes) is 14. The lowest BCUT2D eigenvalue weighted by Crippen LogP contribution is -2.15. The molecule has 0 heterocycles. The van der Waals surface area contributed by atoms with Gasteiger partial charge in [-0.3, -0.25) is 4.79 Å². The van der Waals surface area contributed by atoms with Crippen molar-refractivity contribution in [3.63, 3.8) is 0 Å². The Bertz CT molecular complexity index is 625. The minimum atomic E-state index is -0.110. The van der Waals surface area contributed by atoms with Crippen molar-refractivity contribution in [3.8, 4) is 5.75 Å². The SMILES string of the molecule is CCCCCCCCCCCCCCCCC(C)OC(=O)CCc1ccc(O)c(CCCC)c1. The van der Waals surface area contributed by atoms with Crippen molar-refractivity contribution < 1.29 is 14.6 Å². The molecule has 0 saturated heterocycles. The molecule has 0 amide bonds. The van der Waals surface area contributed by atoms with E-state index in [1.54, 1.807) is 6.07 Å². The molecular formula is C31H54O3. The predicted molar refractivity (Wildman–Crippen MR) is 146 cm³/mol. The van der Waals surface area contributed by atoms with Crippen molar-refractivity contribution in [2.75, 3.05) is 0 Å². The van der Waals surface area contributed by atoms with Crippen LogP contribution in [0.15, 0.2) is 18.2 Å². The van der Waals surface area contributed by atoms with Crippen LogP contribution in [0.2, 0.25) is 0 Å². The maximum Gasteiger partial charge on any atom is 0.306 e. The van der Waals surface area contributed by atoms with Crippen LogP contribution in [0.4, 0.5) is 0 Å². The Hall–Kier alpha value is -1.51. The Kier molecular flexibility index (Phi) is 18.7. The molecule has 34 heavy (non-hydrogen) atoms. The highest BCUT2D eigenvalue weighted by Gasteiger charge is 2.11. The number of rotatable bonds is 22. The van der Waals surface area contributed by atoms with E-state index >= 15 is 0 Å². The summed E-state index contributed by atoms with van der Waals surface area (Å²) in [7, 11) is 0. The zero-order valence-electron chi connectivity index (χ0n) is 22.7. The van der Waals surface area contributed by atoms with Gasteiger partial charge in [0.2, 0.25) is 0 Å². The van der Waals surface area contributed by atoms with Gasteiger partial charge in [0, 0.05) is 6.42 Å². The molecule has 0 fully saturated rings. The molecule has 196 valence electrons. The van der Waals surface area contributed by atoms with Crippen LogP contribution in [0.3, 0.4) is 0 Å². The number of carbonyl (C=O) groups excluding carboxylic acids is 1. The molecule has 0 aliphatic rings. The number of hydrogen-bond acceptors (Lipinski definition) is 3. The highest BCUT2D eigenvalue weighted by Crippen LogP contribution is 2.22. The molecule has 1 rings (SSSR count). The van der Waals surface area contributed by atoms with Gasteiger partial charge in [-0.05, 0) is 56.2 Å². The molecule has 0 saturated carbocycles. The number of ether oxygens (including phenoxy) is 1. The number of carbonyl (C=O) groups is 1. The van der Waals surface area contributed by atoms with E-state index < -0.39 is 0 Å². The van der Waals surface area contributed by atoms with E-state index in [4.69, 9.17) is 4.74 Å². The van der Waals surface area contributed by atoms with Gasteiger partial charge in [0.1, 0.15) is 5.75 Å².